The molecular weight excluding hydrogens is 249 g/mol. The lowest BCUT2D eigenvalue weighted by Crippen LogP contribution is -2.06. The SMILES string of the molecule is Cc1ccc(Nc2ncc(C(=O)O)c(C)n2)cc1F. The third-order valence-electron chi connectivity index (χ3n) is 2.64. The minimum absolute atomic E-state index is 0.0423. The molecule has 2 rings (SSSR count). The van der Waals surface area contributed by atoms with Gasteiger partial charge in [-0.15, -0.1) is 0 Å². The minimum atomic E-state index is -1.08. The quantitative estimate of drug-likeness (QED) is 0.888. The summed E-state index contributed by atoms with van der Waals surface area (Å²) in [5.41, 5.74) is 1.44. The lowest BCUT2D eigenvalue weighted by molar-refractivity contribution is 0.0695. The van der Waals surface area contributed by atoms with Gasteiger partial charge < -0.3 is 10.4 Å². The number of carbonyl (C=O) groups is 1. The highest BCUT2D eigenvalue weighted by Gasteiger charge is 2.10. The average Bonchev–Trinajstić information content (AvgIpc) is 2.33. The summed E-state index contributed by atoms with van der Waals surface area (Å²) in [4.78, 5) is 18.7. The average molecular weight is 261 g/mol. The van der Waals surface area contributed by atoms with E-state index in [0.717, 1.165) is 0 Å². The van der Waals surface area contributed by atoms with E-state index in [9.17, 15) is 9.18 Å². The first-order valence-electron chi connectivity index (χ1n) is 5.57. The molecule has 1 aromatic heterocycles. The van der Waals surface area contributed by atoms with Gasteiger partial charge in [-0.05, 0) is 31.5 Å². The van der Waals surface area contributed by atoms with E-state index in [0.29, 0.717) is 16.9 Å². The summed E-state index contributed by atoms with van der Waals surface area (Å²) >= 11 is 0. The van der Waals surface area contributed by atoms with Crippen molar-refractivity contribution in [2.24, 2.45) is 0 Å². The number of aryl methyl sites for hydroxylation is 2. The molecule has 0 radical (unpaired) electrons. The number of rotatable bonds is 3. The zero-order valence-electron chi connectivity index (χ0n) is 10.4. The van der Waals surface area contributed by atoms with Crippen molar-refractivity contribution in [3.63, 3.8) is 0 Å². The Bertz CT molecular complexity index is 644. The van der Waals surface area contributed by atoms with Crippen molar-refractivity contribution < 1.29 is 14.3 Å². The Hall–Kier alpha value is -2.50. The van der Waals surface area contributed by atoms with Crippen LogP contribution in [0.2, 0.25) is 0 Å². The van der Waals surface area contributed by atoms with Gasteiger partial charge in [0, 0.05) is 11.9 Å². The predicted molar refractivity (Wildman–Crippen MR) is 68.1 cm³/mol. The summed E-state index contributed by atoms with van der Waals surface area (Å²) in [5.74, 6) is -1.18. The smallest absolute Gasteiger partial charge is 0.339 e. The van der Waals surface area contributed by atoms with Crippen molar-refractivity contribution in [1.29, 1.82) is 0 Å². The fraction of sp³-hybridized carbons (Fsp3) is 0.154. The molecule has 6 heteroatoms. The zero-order chi connectivity index (χ0) is 14.0. The maximum Gasteiger partial charge on any atom is 0.339 e. The van der Waals surface area contributed by atoms with Gasteiger partial charge in [-0.2, -0.15) is 0 Å². The van der Waals surface area contributed by atoms with Gasteiger partial charge in [0.25, 0.3) is 0 Å². The number of nitrogens with one attached hydrogen (secondary N) is 1. The van der Waals surface area contributed by atoms with Gasteiger partial charge >= 0.3 is 5.97 Å². The maximum atomic E-state index is 13.4. The Balaban J connectivity index is 2.26. The molecule has 1 heterocycles. The van der Waals surface area contributed by atoms with Crippen LogP contribution < -0.4 is 5.32 Å². The normalized spacial score (nSPS) is 10.3. The molecule has 0 unspecified atom stereocenters. The van der Waals surface area contributed by atoms with Crippen molar-refractivity contribution in [2.75, 3.05) is 5.32 Å². The van der Waals surface area contributed by atoms with Crippen molar-refractivity contribution in [1.82, 2.24) is 9.97 Å². The number of carboxylic acids is 1. The molecule has 0 amide bonds. The summed E-state index contributed by atoms with van der Waals surface area (Å²) < 4.78 is 13.4. The van der Waals surface area contributed by atoms with Crippen LogP contribution in [0.25, 0.3) is 0 Å². The summed E-state index contributed by atoms with van der Waals surface area (Å²) in [6.07, 6.45) is 1.22. The number of hydrogen-bond acceptors (Lipinski definition) is 4. The van der Waals surface area contributed by atoms with Crippen molar-refractivity contribution in [3.8, 4) is 0 Å². The largest absolute Gasteiger partial charge is 0.478 e. The predicted octanol–water partition coefficient (Wildman–Crippen LogP) is 2.67. The van der Waals surface area contributed by atoms with Crippen LogP contribution in [0.15, 0.2) is 24.4 Å². The highest BCUT2D eigenvalue weighted by atomic mass is 19.1. The summed E-state index contributed by atoms with van der Waals surface area (Å²) in [7, 11) is 0. The Morgan fingerprint density at radius 1 is 1.37 bits per heavy atom. The van der Waals surface area contributed by atoms with Gasteiger partial charge in [0.05, 0.1) is 11.3 Å². The van der Waals surface area contributed by atoms with Crippen molar-refractivity contribution in [3.05, 3.63) is 47.0 Å². The molecule has 0 aliphatic heterocycles. The van der Waals surface area contributed by atoms with Crippen LogP contribution in [0.3, 0.4) is 0 Å². The molecule has 98 valence electrons. The van der Waals surface area contributed by atoms with Crippen molar-refractivity contribution in [2.45, 2.75) is 13.8 Å². The van der Waals surface area contributed by atoms with Gasteiger partial charge in [0.15, 0.2) is 0 Å². The van der Waals surface area contributed by atoms with E-state index in [4.69, 9.17) is 5.11 Å². The molecule has 0 aliphatic rings. The summed E-state index contributed by atoms with van der Waals surface area (Å²) in [6.45, 7) is 3.24. The molecule has 0 fully saturated rings. The van der Waals surface area contributed by atoms with Crippen LogP contribution in [0.5, 0.6) is 0 Å². The van der Waals surface area contributed by atoms with Crippen LogP contribution in [0.1, 0.15) is 21.6 Å². The van der Waals surface area contributed by atoms with Gasteiger partial charge in [0.2, 0.25) is 5.95 Å². The van der Waals surface area contributed by atoms with Crippen LogP contribution in [0.4, 0.5) is 16.0 Å². The fourth-order valence-corrected chi connectivity index (χ4v) is 1.54. The van der Waals surface area contributed by atoms with E-state index in [2.05, 4.69) is 15.3 Å². The molecule has 1 aromatic carbocycles. The van der Waals surface area contributed by atoms with E-state index in [1.165, 1.54) is 12.3 Å². The maximum absolute atomic E-state index is 13.4. The van der Waals surface area contributed by atoms with Gasteiger partial charge in [-0.3, -0.25) is 0 Å². The van der Waals surface area contributed by atoms with Crippen LogP contribution >= 0.6 is 0 Å². The highest BCUT2D eigenvalue weighted by Crippen LogP contribution is 2.17. The van der Waals surface area contributed by atoms with E-state index in [-0.39, 0.29) is 17.3 Å². The number of aromatic carboxylic acids is 1. The molecule has 0 saturated heterocycles. The summed E-state index contributed by atoms with van der Waals surface area (Å²) in [6, 6.07) is 4.66. The number of benzene rings is 1. The third kappa shape index (κ3) is 2.85. The first kappa shape index (κ1) is 12.9. The first-order chi connectivity index (χ1) is 8.97. The molecule has 19 heavy (non-hydrogen) atoms. The molecule has 0 spiro atoms. The molecular formula is C13H12FN3O2. The second kappa shape index (κ2) is 5.01. The molecule has 0 atom stereocenters. The number of nitrogens with zero attached hydrogens (tertiary/aromatic N) is 2. The second-order valence-electron chi connectivity index (χ2n) is 4.09. The molecule has 2 N–H and O–H groups in total. The van der Waals surface area contributed by atoms with Gasteiger partial charge in [0.1, 0.15) is 5.82 Å². The third-order valence-corrected chi connectivity index (χ3v) is 2.64. The number of carboxylic acid groups (broad SMARTS) is 1. The van der Waals surface area contributed by atoms with Gasteiger partial charge in [-0.1, -0.05) is 6.07 Å². The lowest BCUT2D eigenvalue weighted by atomic mass is 10.2. The Kier molecular flexibility index (Phi) is 3.41. The number of aromatic nitrogens is 2. The Morgan fingerprint density at radius 3 is 2.68 bits per heavy atom. The van der Waals surface area contributed by atoms with E-state index < -0.39 is 5.97 Å². The van der Waals surface area contributed by atoms with Crippen molar-refractivity contribution >= 4 is 17.6 Å². The molecule has 5 nitrogen and oxygen atoms in total. The van der Waals surface area contributed by atoms with Crippen LogP contribution in [-0.4, -0.2) is 21.0 Å². The van der Waals surface area contributed by atoms with Crippen LogP contribution in [0, 0.1) is 19.7 Å². The Morgan fingerprint density at radius 2 is 2.11 bits per heavy atom. The zero-order valence-corrected chi connectivity index (χ0v) is 10.4. The molecule has 0 bridgehead atoms. The monoisotopic (exact) mass is 261 g/mol. The first-order valence-corrected chi connectivity index (χ1v) is 5.57. The highest BCUT2D eigenvalue weighted by molar-refractivity contribution is 5.88. The summed E-state index contributed by atoms with van der Waals surface area (Å²) in [5, 5.41) is 11.7. The van der Waals surface area contributed by atoms with E-state index in [1.54, 1.807) is 26.0 Å². The standard InChI is InChI=1S/C13H12FN3O2/c1-7-3-4-9(5-11(7)14)17-13-15-6-10(12(18)19)8(2)16-13/h3-6H,1-2H3,(H,18,19)(H,15,16,17). The topological polar surface area (TPSA) is 75.1 Å². The molecule has 2 aromatic rings. The lowest BCUT2D eigenvalue weighted by Gasteiger charge is -2.07. The number of hydrogen-bond donors (Lipinski definition) is 2. The minimum Gasteiger partial charge on any atom is -0.478 e. The number of halogens is 1. The Labute approximate surface area is 109 Å². The van der Waals surface area contributed by atoms with Crippen LogP contribution in [-0.2, 0) is 0 Å². The second-order valence-corrected chi connectivity index (χ2v) is 4.09. The van der Waals surface area contributed by atoms with E-state index in [1.807, 2.05) is 0 Å². The molecule has 0 aliphatic carbocycles. The van der Waals surface area contributed by atoms with E-state index >= 15 is 0 Å². The number of anilines is 2. The molecule has 0 saturated carbocycles. The fourth-order valence-electron chi connectivity index (χ4n) is 1.54. The van der Waals surface area contributed by atoms with Gasteiger partial charge in [-0.25, -0.2) is 19.2 Å².